The summed E-state index contributed by atoms with van der Waals surface area (Å²) in [5.74, 6) is 2.82. The van der Waals surface area contributed by atoms with Crippen LogP contribution in [0.4, 0.5) is 0 Å². The molecule has 2 N–H and O–H groups in total. The van der Waals surface area contributed by atoms with Gasteiger partial charge in [0, 0.05) is 0 Å². The van der Waals surface area contributed by atoms with Crippen LogP contribution in [0.15, 0.2) is 16.5 Å². The molecule has 0 atom stereocenters. The van der Waals surface area contributed by atoms with E-state index < -0.39 is 0 Å². The molecular formula is C13H23NO2S. The third-order valence-electron chi connectivity index (χ3n) is 2.62. The lowest BCUT2D eigenvalue weighted by Crippen LogP contribution is -2.14. The molecule has 0 saturated carbocycles. The lowest BCUT2D eigenvalue weighted by Gasteiger charge is -2.02. The smallest absolute Gasteiger partial charge is 0.129 e. The molecule has 0 bridgehead atoms. The Balaban J connectivity index is 1.93. The molecule has 4 heteroatoms. The second-order valence-electron chi connectivity index (χ2n) is 4.11. The molecule has 0 aliphatic rings. The minimum absolute atomic E-state index is 0.0184. The number of aliphatic hydroxyl groups is 1. The van der Waals surface area contributed by atoms with Gasteiger partial charge in [0.05, 0.1) is 6.54 Å². The molecule has 3 nitrogen and oxygen atoms in total. The molecule has 0 aliphatic heterocycles. The van der Waals surface area contributed by atoms with Crippen molar-refractivity contribution in [2.24, 2.45) is 0 Å². The summed E-state index contributed by atoms with van der Waals surface area (Å²) in [6, 6.07) is 3.73. The van der Waals surface area contributed by atoms with Gasteiger partial charge in [-0.1, -0.05) is 12.8 Å². The van der Waals surface area contributed by atoms with Crippen molar-refractivity contribution in [1.82, 2.24) is 5.32 Å². The Kier molecular flexibility index (Phi) is 8.22. The standard InChI is InChI=1S/C13H23NO2S/c1-17-9-5-3-2-4-8-14-10-12-6-7-13(11-15)16-12/h6-7,14-15H,2-5,8-11H2,1H3. The van der Waals surface area contributed by atoms with Crippen molar-refractivity contribution >= 4 is 11.8 Å². The van der Waals surface area contributed by atoms with Crippen LogP contribution in [0.5, 0.6) is 0 Å². The van der Waals surface area contributed by atoms with Gasteiger partial charge in [0.2, 0.25) is 0 Å². The monoisotopic (exact) mass is 257 g/mol. The molecule has 0 fully saturated rings. The molecule has 0 spiro atoms. The van der Waals surface area contributed by atoms with E-state index in [-0.39, 0.29) is 6.61 Å². The lowest BCUT2D eigenvalue weighted by molar-refractivity contribution is 0.243. The average Bonchev–Trinajstić information content (AvgIpc) is 2.80. The van der Waals surface area contributed by atoms with Crippen molar-refractivity contribution in [2.45, 2.75) is 38.8 Å². The van der Waals surface area contributed by atoms with E-state index in [2.05, 4.69) is 11.6 Å². The van der Waals surface area contributed by atoms with Crippen molar-refractivity contribution in [3.63, 3.8) is 0 Å². The fourth-order valence-corrected chi connectivity index (χ4v) is 2.16. The molecule has 1 heterocycles. The van der Waals surface area contributed by atoms with Crippen LogP contribution >= 0.6 is 11.8 Å². The van der Waals surface area contributed by atoms with Gasteiger partial charge >= 0.3 is 0 Å². The Morgan fingerprint density at radius 3 is 2.65 bits per heavy atom. The lowest BCUT2D eigenvalue weighted by atomic mass is 10.2. The molecule has 0 radical (unpaired) electrons. The Bertz CT molecular complexity index is 289. The molecule has 98 valence electrons. The van der Waals surface area contributed by atoms with Crippen LogP contribution in [0, 0.1) is 0 Å². The van der Waals surface area contributed by atoms with Crippen LogP contribution < -0.4 is 5.32 Å². The number of nitrogens with one attached hydrogen (secondary N) is 1. The fraction of sp³-hybridized carbons (Fsp3) is 0.692. The van der Waals surface area contributed by atoms with E-state index in [4.69, 9.17) is 9.52 Å². The molecule has 1 rings (SSSR count). The fourth-order valence-electron chi connectivity index (χ4n) is 1.66. The molecule has 0 aromatic carbocycles. The SMILES string of the molecule is CSCCCCCCNCc1ccc(CO)o1. The minimum atomic E-state index is -0.0184. The highest BCUT2D eigenvalue weighted by molar-refractivity contribution is 7.98. The highest BCUT2D eigenvalue weighted by atomic mass is 32.2. The first-order valence-electron chi connectivity index (χ1n) is 6.25. The van der Waals surface area contributed by atoms with Crippen molar-refractivity contribution in [3.05, 3.63) is 23.7 Å². The van der Waals surface area contributed by atoms with E-state index in [1.54, 1.807) is 0 Å². The number of hydrogen-bond donors (Lipinski definition) is 2. The summed E-state index contributed by atoms with van der Waals surface area (Å²) >= 11 is 1.92. The number of rotatable bonds is 10. The summed E-state index contributed by atoms with van der Waals surface area (Å²) < 4.78 is 5.38. The van der Waals surface area contributed by atoms with Gasteiger partial charge in [0.25, 0.3) is 0 Å². The summed E-state index contributed by atoms with van der Waals surface area (Å²) in [6.45, 7) is 1.77. The van der Waals surface area contributed by atoms with Crippen molar-refractivity contribution in [3.8, 4) is 0 Å². The third-order valence-corrected chi connectivity index (χ3v) is 3.32. The zero-order valence-electron chi connectivity index (χ0n) is 10.6. The van der Waals surface area contributed by atoms with Gasteiger partial charge in [0.15, 0.2) is 0 Å². The summed E-state index contributed by atoms with van der Waals surface area (Å²) in [5, 5.41) is 12.2. The van der Waals surface area contributed by atoms with E-state index in [0.717, 1.165) is 18.8 Å². The van der Waals surface area contributed by atoms with Gasteiger partial charge in [-0.25, -0.2) is 0 Å². The number of furan rings is 1. The number of thioether (sulfide) groups is 1. The van der Waals surface area contributed by atoms with Crippen LogP contribution in [0.3, 0.4) is 0 Å². The Morgan fingerprint density at radius 1 is 1.18 bits per heavy atom. The molecule has 0 unspecified atom stereocenters. The first-order valence-corrected chi connectivity index (χ1v) is 7.64. The van der Waals surface area contributed by atoms with Crippen molar-refractivity contribution in [1.29, 1.82) is 0 Å². The van der Waals surface area contributed by atoms with Crippen LogP contribution in [-0.4, -0.2) is 23.7 Å². The largest absolute Gasteiger partial charge is 0.462 e. The maximum absolute atomic E-state index is 8.85. The summed E-state index contributed by atoms with van der Waals surface area (Å²) in [4.78, 5) is 0. The highest BCUT2D eigenvalue weighted by Crippen LogP contribution is 2.07. The maximum Gasteiger partial charge on any atom is 0.129 e. The highest BCUT2D eigenvalue weighted by Gasteiger charge is 1.99. The zero-order valence-corrected chi connectivity index (χ0v) is 11.4. The van der Waals surface area contributed by atoms with Crippen molar-refractivity contribution < 1.29 is 9.52 Å². The number of unbranched alkanes of at least 4 members (excludes halogenated alkanes) is 3. The van der Waals surface area contributed by atoms with Gasteiger partial charge in [-0.3, -0.25) is 0 Å². The van der Waals surface area contributed by atoms with Gasteiger partial charge in [0.1, 0.15) is 18.1 Å². The molecule has 17 heavy (non-hydrogen) atoms. The predicted molar refractivity (Wildman–Crippen MR) is 73.2 cm³/mol. The van der Waals surface area contributed by atoms with Crippen LogP contribution in [0.25, 0.3) is 0 Å². The van der Waals surface area contributed by atoms with E-state index >= 15 is 0 Å². The van der Waals surface area contributed by atoms with Gasteiger partial charge in [-0.05, 0) is 43.5 Å². The number of hydrogen-bond acceptors (Lipinski definition) is 4. The number of aliphatic hydroxyl groups excluding tert-OH is 1. The normalized spacial score (nSPS) is 10.9. The molecule has 0 aliphatic carbocycles. The Labute approximate surface area is 108 Å². The minimum Gasteiger partial charge on any atom is -0.462 e. The summed E-state index contributed by atoms with van der Waals surface area (Å²) in [6.07, 6.45) is 7.35. The van der Waals surface area contributed by atoms with Gasteiger partial charge in [-0.15, -0.1) is 0 Å². The second-order valence-corrected chi connectivity index (χ2v) is 5.10. The second kappa shape index (κ2) is 9.57. The molecule has 1 aromatic rings. The van der Waals surface area contributed by atoms with E-state index in [0.29, 0.717) is 5.76 Å². The molecule has 0 amide bonds. The van der Waals surface area contributed by atoms with E-state index in [1.807, 2.05) is 23.9 Å². The Morgan fingerprint density at radius 2 is 1.94 bits per heavy atom. The van der Waals surface area contributed by atoms with Gasteiger partial charge < -0.3 is 14.8 Å². The van der Waals surface area contributed by atoms with Crippen LogP contribution in [0.2, 0.25) is 0 Å². The van der Waals surface area contributed by atoms with Gasteiger partial charge in [-0.2, -0.15) is 11.8 Å². The maximum atomic E-state index is 8.85. The predicted octanol–water partition coefficient (Wildman–Crippen LogP) is 2.78. The van der Waals surface area contributed by atoms with E-state index in [1.165, 1.54) is 31.4 Å². The van der Waals surface area contributed by atoms with Crippen LogP contribution in [0.1, 0.15) is 37.2 Å². The summed E-state index contributed by atoms with van der Waals surface area (Å²) in [7, 11) is 0. The molecular weight excluding hydrogens is 234 g/mol. The van der Waals surface area contributed by atoms with Crippen LogP contribution in [-0.2, 0) is 13.2 Å². The Hall–Kier alpha value is -0.450. The molecule has 0 saturated heterocycles. The first kappa shape index (κ1) is 14.6. The topological polar surface area (TPSA) is 45.4 Å². The average molecular weight is 257 g/mol. The zero-order chi connectivity index (χ0) is 12.3. The third kappa shape index (κ3) is 6.76. The molecule has 1 aromatic heterocycles. The summed E-state index contributed by atoms with van der Waals surface area (Å²) in [5.41, 5.74) is 0. The van der Waals surface area contributed by atoms with E-state index in [9.17, 15) is 0 Å². The first-order chi connectivity index (χ1) is 8.36. The quantitative estimate of drug-likeness (QED) is 0.633. The van der Waals surface area contributed by atoms with Crippen molar-refractivity contribution in [2.75, 3.05) is 18.6 Å².